The van der Waals surface area contributed by atoms with E-state index in [1.807, 2.05) is 0 Å². The third-order valence-corrected chi connectivity index (χ3v) is 6.08. The van der Waals surface area contributed by atoms with Crippen LogP contribution in [0, 0.1) is 17.8 Å². The minimum absolute atomic E-state index is 0.231. The molecule has 0 spiro atoms. The number of sulfonamides is 1. The fourth-order valence-electron chi connectivity index (χ4n) is 3.66. The molecule has 112 valence electrons. The van der Waals surface area contributed by atoms with Gasteiger partial charge in [-0.3, -0.25) is 4.68 Å². The average Bonchev–Trinajstić information content (AvgIpc) is 3.12. The van der Waals surface area contributed by atoms with E-state index in [1.54, 1.807) is 4.68 Å². The van der Waals surface area contributed by atoms with Crippen LogP contribution in [0.4, 0.5) is 0 Å². The highest BCUT2D eigenvalue weighted by Gasteiger charge is 2.39. The van der Waals surface area contributed by atoms with Crippen molar-refractivity contribution in [3.05, 3.63) is 12.4 Å². The van der Waals surface area contributed by atoms with Gasteiger partial charge in [0.05, 0.1) is 12.7 Å². The molecule has 3 atom stereocenters. The Morgan fingerprint density at radius 3 is 2.90 bits per heavy atom. The number of aromatic nitrogens is 2. The van der Waals surface area contributed by atoms with Crippen LogP contribution in [0.2, 0.25) is 0 Å². The second-order valence-electron chi connectivity index (χ2n) is 6.01. The molecule has 2 aliphatic rings. The molecule has 2 saturated carbocycles. The van der Waals surface area contributed by atoms with Crippen LogP contribution in [0.1, 0.15) is 25.7 Å². The number of nitrogens with one attached hydrogen (secondary N) is 1. The maximum Gasteiger partial charge on any atom is 0.243 e. The van der Waals surface area contributed by atoms with Gasteiger partial charge in [0.15, 0.2) is 0 Å². The lowest BCUT2D eigenvalue weighted by Gasteiger charge is -2.21. The van der Waals surface area contributed by atoms with Crippen LogP contribution in [0.3, 0.4) is 0 Å². The SMILES string of the molecule is NCCn1cc(S(=O)(=O)NCC2CC3CCC2C3)cn1. The number of hydrogen-bond acceptors (Lipinski definition) is 4. The van der Waals surface area contributed by atoms with Crippen LogP contribution < -0.4 is 10.5 Å². The summed E-state index contributed by atoms with van der Waals surface area (Å²) in [6, 6.07) is 0. The van der Waals surface area contributed by atoms with E-state index in [2.05, 4.69) is 9.82 Å². The zero-order valence-corrected chi connectivity index (χ0v) is 12.3. The normalized spacial score (nSPS) is 29.1. The molecule has 1 aromatic heterocycles. The predicted octanol–water partition coefficient (Wildman–Crippen LogP) is 0.556. The molecule has 20 heavy (non-hydrogen) atoms. The molecule has 3 N–H and O–H groups in total. The van der Waals surface area contributed by atoms with Gasteiger partial charge < -0.3 is 5.73 Å². The van der Waals surface area contributed by atoms with Crippen molar-refractivity contribution >= 4 is 10.0 Å². The van der Waals surface area contributed by atoms with E-state index in [-0.39, 0.29) is 4.90 Å². The molecule has 0 saturated heterocycles. The molecule has 2 bridgehead atoms. The number of nitrogens with two attached hydrogens (primary N) is 1. The summed E-state index contributed by atoms with van der Waals surface area (Å²) in [6.45, 7) is 1.53. The molecule has 0 amide bonds. The zero-order chi connectivity index (χ0) is 14.2. The summed E-state index contributed by atoms with van der Waals surface area (Å²) < 4.78 is 28.7. The van der Waals surface area contributed by atoms with Gasteiger partial charge in [0.2, 0.25) is 10.0 Å². The summed E-state index contributed by atoms with van der Waals surface area (Å²) in [5.74, 6) is 2.08. The smallest absolute Gasteiger partial charge is 0.243 e. The van der Waals surface area contributed by atoms with Gasteiger partial charge in [-0.15, -0.1) is 0 Å². The molecule has 0 radical (unpaired) electrons. The minimum atomic E-state index is -3.44. The van der Waals surface area contributed by atoms with Gasteiger partial charge in [-0.2, -0.15) is 5.10 Å². The lowest BCUT2D eigenvalue weighted by Crippen LogP contribution is -2.31. The van der Waals surface area contributed by atoms with Gasteiger partial charge >= 0.3 is 0 Å². The van der Waals surface area contributed by atoms with Crippen molar-refractivity contribution in [2.24, 2.45) is 23.5 Å². The van der Waals surface area contributed by atoms with E-state index in [9.17, 15) is 8.42 Å². The highest BCUT2D eigenvalue weighted by atomic mass is 32.2. The lowest BCUT2D eigenvalue weighted by molar-refractivity contribution is 0.333. The zero-order valence-electron chi connectivity index (χ0n) is 11.5. The first-order valence-corrected chi connectivity index (χ1v) is 8.79. The topological polar surface area (TPSA) is 90.0 Å². The van der Waals surface area contributed by atoms with Crippen molar-refractivity contribution in [3.63, 3.8) is 0 Å². The van der Waals surface area contributed by atoms with Gasteiger partial charge in [0.1, 0.15) is 4.90 Å². The molecular weight excluding hydrogens is 276 g/mol. The van der Waals surface area contributed by atoms with Crippen LogP contribution in [0.25, 0.3) is 0 Å². The standard InChI is InChI=1S/C13H22N4O2S/c14-3-4-17-9-13(8-15-17)20(18,19)16-7-12-6-10-1-2-11(12)5-10/h8-12,16H,1-7,14H2. The third kappa shape index (κ3) is 2.75. The van der Waals surface area contributed by atoms with Crippen LogP contribution in [0.5, 0.6) is 0 Å². The monoisotopic (exact) mass is 298 g/mol. The van der Waals surface area contributed by atoms with Crippen molar-refractivity contribution in [2.75, 3.05) is 13.1 Å². The summed E-state index contributed by atoms with van der Waals surface area (Å²) in [7, 11) is -3.44. The molecule has 3 unspecified atom stereocenters. The quantitative estimate of drug-likeness (QED) is 0.803. The lowest BCUT2D eigenvalue weighted by atomic mass is 9.89. The minimum Gasteiger partial charge on any atom is -0.329 e. The first-order valence-electron chi connectivity index (χ1n) is 7.30. The summed E-state index contributed by atoms with van der Waals surface area (Å²) in [6.07, 6.45) is 8.00. The average molecular weight is 298 g/mol. The number of nitrogens with zero attached hydrogens (tertiary/aromatic N) is 2. The molecular formula is C13H22N4O2S. The second-order valence-corrected chi connectivity index (χ2v) is 7.78. The van der Waals surface area contributed by atoms with Gasteiger partial charge in [-0.1, -0.05) is 6.42 Å². The van der Waals surface area contributed by atoms with E-state index in [4.69, 9.17) is 5.73 Å². The van der Waals surface area contributed by atoms with E-state index in [0.717, 1.165) is 11.8 Å². The second kappa shape index (κ2) is 5.46. The largest absolute Gasteiger partial charge is 0.329 e. The molecule has 2 fully saturated rings. The number of hydrogen-bond donors (Lipinski definition) is 2. The van der Waals surface area contributed by atoms with Crippen molar-refractivity contribution in [1.29, 1.82) is 0 Å². The molecule has 0 aliphatic heterocycles. The van der Waals surface area contributed by atoms with Gasteiger partial charge in [-0.05, 0) is 37.0 Å². The van der Waals surface area contributed by atoms with Gasteiger partial charge in [-0.25, -0.2) is 13.1 Å². The van der Waals surface area contributed by atoms with Crippen molar-refractivity contribution in [2.45, 2.75) is 37.1 Å². The Morgan fingerprint density at radius 2 is 2.25 bits per heavy atom. The van der Waals surface area contributed by atoms with Crippen LogP contribution in [-0.4, -0.2) is 31.3 Å². The maximum absolute atomic E-state index is 12.2. The van der Waals surface area contributed by atoms with E-state index < -0.39 is 10.0 Å². The Bertz CT molecular complexity index is 569. The predicted molar refractivity (Wildman–Crippen MR) is 75.4 cm³/mol. The van der Waals surface area contributed by atoms with Crippen molar-refractivity contribution in [1.82, 2.24) is 14.5 Å². The maximum atomic E-state index is 12.2. The van der Waals surface area contributed by atoms with Crippen molar-refractivity contribution < 1.29 is 8.42 Å². The Morgan fingerprint density at radius 1 is 1.40 bits per heavy atom. The molecule has 7 heteroatoms. The molecule has 2 aliphatic carbocycles. The number of fused-ring (bicyclic) bond motifs is 2. The van der Waals surface area contributed by atoms with Crippen LogP contribution in [0.15, 0.2) is 17.3 Å². The fraction of sp³-hybridized carbons (Fsp3) is 0.769. The molecule has 6 nitrogen and oxygen atoms in total. The van der Waals surface area contributed by atoms with Crippen LogP contribution in [-0.2, 0) is 16.6 Å². The molecule has 3 rings (SSSR count). The van der Waals surface area contributed by atoms with E-state index >= 15 is 0 Å². The van der Waals surface area contributed by atoms with Crippen molar-refractivity contribution in [3.8, 4) is 0 Å². The Kier molecular flexibility index (Phi) is 3.83. The van der Waals surface area contributed by atoms with E-state index in [1.165, 1.54) is 38.1 Å². The summed E-state index contributed by atoms with van der Waals surface area (Å²) in [5.41, 5.74) is 5.43. The first-order chi connectivity index (χ1) is 9.58. The summed E-state index contributed by atoms with van der Waals surface area (Å²) in [5, 5.41) is 4.01. The highest BCUT2D eigenvalue weighted by Crippen LogP contribution is 2.48. The van der Waals surface area contributed by atoms with Crippen LogP contribution >= 0.6 is 0 Å². The number of rotatable bonds is 6. The Balaban J connectivity index is 1.60. The first kappa shape index (κ1) is 14.0. The third-order valence-electron chi connectivity index (χ3n) is 4.70. The van der Waals surface area contributed by atoms with E-state index in [0.29, 0.717) is 25.6 Å². The summed E-state index contributed by atoms with van der Waals surface area (Å²) >= 11 is 0. The summed E-state index contributed by atoms with van der Waals surface area (Å²) in [4.78, 5) is 0.231. The Hall–Kier alpha value is -0.920. The Labute approximate surface area is 119 Å². The fourth-order valence-corrected chi connectivity index (χ4v) is 4.71. The van der Waals surface area contributed by atoms with Gasteiger partial charge in [0.25, 0.3) is 0 Å². The van der Waals surface area contributed by atoms with Gasteiger partial charge in [0, 0.05) is 19.3 Å². The highest BCUT2D eigenvalue weighted by molar-refractivity contribution is 7.89. The molecule has 1 aromatic rings. The molecule has 0 aromatic carbocycles. The molecule has 1 heterocycles.